The van der Waals surface area contributed by atoms with Gasteiger partial charge in [-0.15, -0.1) is 0 Å². The van der Waals surface area contributed by atoms with E-state index < -0.39 is 41.0 Å². The number of ether oxygens (including phenoxy) is 2. The Morgan fingerprint density at radius 2 is 1.79 bits per heavy atom. The summed E-state index contributed by atoms with van der Waals surface area (Å²) < 4.78 is 24.7. The number of nitrogens with one attached hydrogen (secondary N) is 2. The Morgan fingerprint density at radius 3 is 2.52 bits per heavy atom. The van der Waals surface area contributed by atoms with Crippen molar-refractivity contribution in [2.24, 2.45) is 11.8 Å². The summed E-state index contributed by atoms with van der Waals surface area (Å²) >= 11 is 0. The minimum absolute atomic E-state index is 0.167. The van der Waals surface area contributed by atoms with Gasteiger partial charge in [0.25, 0.3) is 0 Å². The number of benzene rings is 2. The zero-order chi connectivity index (χ0) is 23.5. The lowest BCUT2D eigenvalue weighted by atomic mass is 9.76. The molecule has 172 valence electrons. The summed E-state index contributed by atoms with van der Waals surface area (Å²) in [5.74, 6) is -2.19. The maximum Gasteiger partial charge on any atom is 0.250 e. The van der Waals surface area contributed by atoms with Gasteiger partial charge in [-0.3, -0.25) is 24.6 Å². The van der Waals surface area contributed by atoms with E-state index in [-0.39, 0.29) is 12.5 Å². The Bertz CT molecular complexity index is 1180. The number of carbonyl (C=O) groups is 3. The number of hydrogen-bond donors (Lipinski definition) is 2. The van der Waals surface area contributed by atoms with Crippen molar-refractivity contribution in [3.8, 4) is 11.5 Å². The Balaban J connectivity index is 1.45. The Hall–Kier alpha value is -3.46. The number of carbonyl (C=O) groups excluding carboxylic acids is 3. The number of anilines is 1. The predicted octanol–water partition coefficient (Wildman–Crippen LogP) is 1.83. The standard InChI is InChI=1S/C24H24FN3O5/c1-12-19-20(24(27-12)15-11-14(25)5-6-16(15)26-23(24)31)22(30)28(21(19)29)9-8-13-4-7-17(32-2)18(10-13)33-3/h4-7,10-12,19-20,27H,8-9H2,1-3H3,(H,26,31)/t12-,19-,20+,24+/m1/s1. The van der Waals surface area contributed by atoms with Gasteiger partial charge >= 0.3 is 0 Å². The van der Waals surface area contributed by atoms with E-state index in [4.69, 9.17) is 9.47 Å². The largest absolute Gasteiger partial charge is 0.493 e. The smallest absolute Gasteiger partial charge is 0.250 e. The van der Waals surface area contributed by atoms with Gasteiger partial charge in [-0.25, -0.2) is 4.39 Å². The van der Waals surface area contributed by atoms with Gasteiger partial charge in [-0.05, 0) is 49.2 Å². The first-order chi connectivity index (χ1) is 15.8. The van der Waals surface area contributed by atoms with Crippen molar-refractivity contribution in [1.82, 2.24) is 10.2 Å². The van der Waals surface area contributed by atoms with Crippen LogP contribution < -0.4 is 20.1 Å². The van der Waals surface area contributed by atoms with Gasteiger partial charge in [0.2, 0.25) is 17.7 Å². The highest BCUT2D eigenvalue weighted by molar-refractivity contribution is 6.15. The molecule has 2 N–H and O–H groups in total. The minimum Gasteiger partial charge on any atom is -0.493 e. The highest BCUT2D eigenvalue weighted by Crippen LogP contribution is 2.52. The average molecular weight is 453 g/mol. The maximum atomic E-state index is 14.1. The fourth-order valence-corrected chi connectivity index (χ4v) is 5.49. The number of nitrogens with zero attached hydrogens (tertiary/aromatic N) is 1. The van der Waals surface area contributed by atoms with Gasteiger partial charge in [0.1, 0.15) is 11.4 Å². The molecule has 4 atom stereocenters. The first-order valence-electron chi connectivity index (χ1n) is 10.8. The first kappa shape index (κ1) is 21.4. The van der Waals surface area contributed by atoms with Crippen LogP contribution in [-0.4, -0.2) is 49.4 Å². The number of amides is 3. The van der Waals surface area contributed by atoms with Crippen molar-refractivity contribution in [2.45, 2.75) is 24.9 Å². The third kappa shape index (κ3) is 2.95. The summed E-state index contributed by atoms with van der Waals surface area (Å²) in [6, 6.07) is 8.99. The second kappa shape index (κ2) is 7.55. The molecule has 2 saturated heterocycles. The second-order valence-electron chi connectivity index (χ2n) is 8.66. The van der Waals surface area contributed by atoms with E-state index in [1.807, 2.05) is 6.07 Å². The quantitative estimate of drug-likeness (QED) is 0.671. The van der Waals surface area contributed by atoms with Crippen molar-refractivity contribution < 1.29 is 28.2 Å². The van der Waals surface area contributed by atoms with Gasteiger partial charge in [0.05, 0.1) is 26.1 Å². The summed E-state index contributed by atoms with van der Waals surface area (Å²) in [6.07, 6.45) is 0.420. The number of hydrogen-bond acceptors (Lipinski definition) is 6. The van der Waals surface area contributed by atoms with E-state index >= 15 is 0 Å². The highest BCUT2D eigenvalue weighted by Gasteiger charge is 2.69. The van der Waals surface area contributed by atoms with Crippen LogP contribution in [0, 0.1) is 17.7 Å². The summed E-state index contributed by atoms with van der Waals surface area (Å²) in [5.41, 5.74) is 0.226. The molecule has 2 aromatic rings. The molecule has 0 saturated carbocycles. The van der Waals surface area contributed by atoms with Crippen LogP contribution in [0.25, 0.3) is 0 Å². The van der Waals surface area contributed by atoms with Crippen LogP contribution in [0.4, 0.5) is 10.1 Å². The van der Waals surface area contributed by atoms with Crippen LogP contribution in [0.15, 0.2) is 36.4 Å². The molecule has 0 unspecified atom stereocenters. The van der Waals surface area contributed by atoms with Crippen molar-refractivity contribution in [2.75, 3.05) is 26.1 Å². The number of methoxy groups -OCH3 is 2. The normalized spacial score (nSPS) is 27.7. The van der Waals surface area contributed by atoms with Crippen LogP contribution in [0.3, 0.4) is 0 Å². The van der Waals surface area contributed by atoms with Crippen LogP contribution >= 0.6 is 0 Å². The number of halogens is 1. The second-order valence-corrected chi connectivity index (χ2v) is 8.66. The van der Waals surface area contributed by atoms with E-state index in [1.54, 1.807) is 26.2 Å². The molecule has 9 heteroatoms. The molecule has 2 aromatic carbocycles. The van der Waals surface area contributed by atoms with Gasteiger partial charge in [-0.2, -0.15) is 0 Å². The highest BCUT2D eigenvalue weighted by atomic mass is 19.1. The summed E-state index contributed by atoms with van der Waals surface area (Å²) in [6.45, 7) is 1.95. The van der Waals surface area contributed by atoms with Crippen molar-refractivity contribution in [3.63, 3.8) is 0 Å². The van der Waals surface area contributed by atoms with Crippen LogP contribution in [0.2, 0.25) is 0 Å². The molecule has 0 aromatic heterocycles. The number of fused-ring (bicyclic) bond motifs is 4. The Morgan fingerprint density at radius 1 is 1.03 bits per heavy atom. The fourth-order valence-electron chi connectivity index (χ4n) is 5.49. The molecule has 1 spiro atoms. The average Bonchev–Trinajstić information content (AvgIpc) is 3.36. The molecular formula is C24H24FN3O5. The molecule has 0 radical (unpaired) electrons. The van der Waals surface area contributed by atoms with Crippen molar-refractivity contribution in [1.29, 1.82) is 0 Å². The van der Waals surface area contributed by atoms with Gasteiger partial charge in [-0.1, -0.05) is 6.07 Å². The third-order valence-corrected chi connectivity index (χ3v) is 6.99. The SMILES string of the molecule is COc1ccc(CCN2C(=O)[C@H]3[C@@H](C2=O)[C@]2(N[C@@H]3C)C(=O)Nc3ccc(F)cc32)cc1OC. The molecule has 3 amide bonds. The molecule has 0 bridgehead atoms. The fraction of sp³-hybridized carbons (Fsp3) is 0.375. The van der Waals surface area contributed by atoms with Gasteiger partial charge in [0, 0.05) is 23.8 Å². The molecule has 8 nitrogen and oxygen atoms in total. The monoisotopic (exact) mass is 453 g/mol. The lowest BCUT2D eigenvalue weighted by molar-refractivity contribution is -0.142. The lowest BCUT2D eigenvalue weighted by Gasteiger charge is -2.29. The molecule has 3 aliphatic heterocycles. The maximum absolute atomic E-state index is 14.1. The van der Waals surface area contributed by atoms with E-state index in [1.165, 1.54) is 30.2 Å². The van der Waals surface area contributed by atoms with E-state index in [9.17, 15) is 18.8 Å². The topological polar surface area (TPSA) is 97.0 Å². The van der Waals surface area contributed by atoms with E-state index in [2.05, 4.69) is 10.6 Å². The summed E-state index contributed by atoms with van der Waals surface area (Å²) in [5, 5.41) is 5.92. The number of rotatable bonds is 5. The third-order valence-electron chi connectivity index (χ3n) is 6.99. The van der Waals surface area contributed by atoms with E-state index in [0.29, 0.717) is 29.2 Å². The van der Waals surface area contributed by atoms with Crippen molar-refractivity contribution >= 4 is 23.4 Å². The molecule has 3 aliphatic rings. The van der Waals surface area contributed by atoms with E-state index in [0.717, 1.165) is 5.56 Å². The van der Waals surface area contributed by atoms with Crippen LogP contribution in [0.1, 0.15) is 18.1 Å². The summed E-state index contributed by atoms with van der Waals surface area (Å²) in [7, 11) is 3.09. The minimum atomic E-state index is -1.47. The zero-order valence-corrected chi connectivity index (χ0v) is 18.5. The van der Waals surface area contributed by atoms with Crippen LogP contribution in [0.5, 0.6) is 11.5 Å². The van der Waals surface area contributed by atoms with Crippen molar-refractivity contribution in [3.05, 3.63) is 53.3 Å². The van der Waals surface area contributed by atoms with Crippen LogP contribution in [-0.2, 0) is 26.3 Å². The van der Waals surface area contributed by atoms with Gasteiger partial charge < -0.3 is 14.8 Å². The zero-order valence-electron chi connectivity index (χ0n) is 18.5. The molecule has 33 heavy (non-hydrogen) atoms. The molecule has 2 fully saturated rings. The summed E-state index contributed by atoms with van der Waals surface area (Å²) in [4.78, 5) is 41.2. The molecule has 0 aliphatic carbocycles. The number of likely N-dealkylation sites (tertiary alicyclic amines) is 1. The lowest BCUT2D eigenvalue weighted by Crippen LogP contribution is -2.53. The Kier molecular flexibility index (Phi) is 4.89. The Labute approximate surface area is 190 Å². The molecular weight excluding hydrogens is 429 g/mol. The van der Waals surface area contributed by atoms with Gasteiger partial charge in [0.15, 0.2) is 11.5 Å². The first-order valence-corrected chi connectivity index (χ1v) is 10.8. The number of imide groups is 1. The molecule has 5 rings (SSSR count). The molecule has 3 heterocycles. The predicted molar refractivity (Wildman–Crippen MR) is 116 cm³/mol.